The third kappa shape index (κ3) is 1.63. The monoisotopic (exact) mass is 211 g/mol. The molecule has 1 aromatic rings. The molecule has 0 aliphatic carbocycles. The molecule has 0 heterocycles. The third-order valence-electron chi connectivity index (χ3n) is 1.74. The maximum Gasteiger partial charge on any atom is 0.340 e. The molecule has 0 bridgehead atoms. The summed E-state index contributed by atoms with van der Waals surface area (Å²) < 4.78 is 0. The topological polar surface area (TPSA) is 81.3 Å². The average molecular weight is 212 g/mol. The molecule has 4 nitrogen and oxygen atoms in total. The first kappa shape index (κ1) is 10.4. The van der Waals surface area contributed by atoms with E-state index in [1.54, 1.807) is 6.07 Å². The number of benzene rings is 1. The number of rotatable bonds is 2. The van der Waals surface area contributed by atoms with Crippen molar-refractivity contribution in [2.45, 2.75) is 5.88 Å². The molecule has 0 aliphatic heterocycles. The molecule has 0 radical (unpaired) electrons. The quantitative estimate of drug-likeness (QED) is 0.730. The van der Waals surface area contributed by atoms with Gasteiger partial charge in [-0.05, 0) is 11.6 Å². The number of hydrogen-bond donors (Lipinski definition) is 2. The second-order valence-electron chi connectivity index (χ2n) is 2.54. The molecule has 5 heteroatoms. The van der Waals surface area contributed by atoms with Gasteiger partial charge in [-0.25, -0.2) is 4.79 Å². The molecule has 1 aromatic carbocycles. The van der Waals surface area contributed by atoms with Gasteiger partial charge in [0.05, 0.1) is 5.56 Å². The third-order valence-corrected chi connectivity index (χ3v) is 2.03. The molecule has 0 fully saturated rings. The number of hydrogen-bond acceptors (Lipinski definition) is 3. The Morgan fingerprint density at radius 2 is 2.21 bits per heavy atom. The van der Waals surface area contributed by atoms with Crippen LogP contribution in [0.1, 0.15) is 21.5 Å². The Balaban J connectivity index is 3.53. The summed E-state index contributed by atoms with van der Waals surface area (Å²) in [7, 11) is 0. The van der Waals surface area contributed by atoms with Gasteiger partial charge in [0, 0.05) is 5.88 Å². The number of carboxylic acid groups (broad SMARTS) is 1. The van der Waals surface area contributed by atoms with E-state index in [9.17, 15) is 9.90 Å². The van der Waals surface area contributed by atoms with Crippen molar-refractivity contribution in [1.82, 2.24) is 0 Å². The Morgan fingerprint density at radius 1 is 1.57 bits per heavy atom. The number of carboxylic acids is 1. The van der Waals surface area contributed by atoms with Gasteiger partial charge in [0.1, 0.15) is 17.4 Å². The molecule has 1 rings (SSSR count). The van der Waals surface area contributed by atoms with Crippen molar-refractivity contribution in [1.29, 1.82) is 5.26 Å². The number of nitriles is 1. The van der Waals surface area contributed by atoms with Crippen LogP contribution in [0.3, 0.4) is 0 Å². The smallest absolute Gasteiger partial charge is 0.340 e. The molecule has 2 N–H and O–H groups in total. The summed E-state index contributed by atoms with van der Waals surface area (Å²) in [6.07, 6.45) is 0. The van der Waals surface area contributed by atoms with Gasteiger partial charge >= 0.3 is 5.97 Å². The summed E-state index contributed by atoms with van der Waals surface area (Å²) in [6, 6.07) is 4.35. The first-order valence-electron chi connectivity index (χ1n) is 3.66. The van der Waals surface area contributed by atoms with E-state index in [0.717, 1.165) is 0 Å². The molecular weight excluding hydrogens is 206 g/mol. The molecule has 0 atom stereocenters. The fraction of sp³-hybridized carbons (Fsp3) is 0.111. The fourth-order valence-corrected chi connectivity index (χ4v) is 1.31. The van der Waals surface area contributed by atoms with E-state index in [-0.39, 0.29) is 11.4 Å². The molecule has 0 aromatic heterocycles. The van der Waals surface area contributed by atoms with Crippen LogP contribution in [0.25, 0.3) is 0 Å². The normalized spacial score (nSPS) is 9.43. The van der Waals surface area contributed by atoms with Crippen LogP contribution in [-0.4, -0.2) is 16.2 Å². The van der Waals surface area contributed by atoms with Gasteiger partial charge in [0.25, 0.3) is 0 Å². The molecule has 0 saturated carbocycles. The molecule has 0 saturated heterocycles. The molecule has 0 aliphatic rings. The Morgan fingerprint density at radius 3 is 2.64 bits per heavy atom. The highest BCUT2D eigenvalue weighted by atomic mass is 35.5. The van der Waals surface area contributed by atoms with Gasteiger partial charge in [-0.3, -0.25) is 0 Å². The van der Waals surface area contributed by atoms with Crippen molar-refractivity contribution in [3.8, 4) is 11.8 Å². The predicted molar refractivity (Wildman–Crippen MR) is 49.3 cm³/mol. The lowest BCUT2D eigenvalue weighted by Crippen LogP contribution is -2.03. The first-order valence-corrected chi connectivity index (χ1v) is 4.19. The summed E-state index contributed by atoms with van der Waals surface area (Å²) in [6.45, 7) is 0. The number of alkyl halides is 1. The summed E-state index contributed by atoms with van der Waals surface area (Å²) in [5.41, 5.74) is -0.0949. The Labute approximate surface area is 85.0 Å². The molecule has 0 amide bonds. The van der Waals surface area contributed by atoms with Crippen molar-refractivity contribution >= 4 is 17.6 Å². The number of phenols is 1. The lowest BCUT2D eigenvalue weighted by Gasteiger charge is -2.05. The van der Waals surface area contributed by atoms with Crippen LogP contribution < -0.4 is 0 Å². The number of carbonyl (C=O) groups is 1. The maximum atomic E-state index is 10.7. The summed E-state index contributed by atoms with van der Waals surface area (Å²) >= 11 is 5.51. The second-order valence-corrected chi connectivity index (χ2v) is 2.81. The largest absolute Gasteiger partial charge is 0.507 e. The summed E-state index contributed by atoms with van der Waals surface area (Å²) in [5, 5.41) is 26.7. The van der Waals surface area contributed by atoms with E-state index < -0.39 is 17.3 Å². The minimum Gasteiger partial charge on any atom is -0.507 e. The highest BCUT2D eigenvalue weighted by Crippen LogP contribution is 2.25. The van der Waals surface area contributed by atoms with Gasteiger partial charge in [-0.1, -0.05) is 6.07 Å². The molecule has 0 unspecified atom stereocenters. The van der Waals surface area contributed by atoms with Crippen molar-refractivity contribution in [3.05, 3.63) is 28.8 Å². The van der Waals surface area contributed by atoms with Gasteiger partial charge in [-0.2, -0.15) is 5.26 Å². The van der Waals surface area contributed by atoms with Crippen molar-refractivity contribution < 1.29 is 15.0 Å². The second kappa shape index (κ2) is 3.99. The van der Waals surface area contributed by atoms with Gasteiger partial charge in [-0.15, -0.1) is 11.6 Å². The Hall–Kier alpha value is -1.73. The number of aromatic carboxylic acids is 1. The van der Waals surface area contributed by atoms with Crippen molar-refractivity contribution in [3.63, 3.8) is 0 Å². The zero-order valence-corrected chi connectivity index (χ0v) is 7.75. The SMILES string of the molecule is N#Cc1c(CCl)ccc(O)c1C(=O)O. The van der Waals surface area contributed by atoms with Gasteiger partial charge in [0.2, 0.25) is 0 Å². The number of nitrogens with zero attached hydrogens (tertiary/aromatic N) is 1. The zero-order chi connectivity index (χ0) is 10.7. The van der Waals surface area contributed by atoms with Crippen LogP contribution in [0.4, 0.5) is 0 Å². The van der Waals surface area contributed by atoms with E-state index in [1.807, 2.05) is 0 Å². The van der Waals surface area contributed by atoms with Crippen LogP contribution in [0, 0.1) is 11.3 Å². The number of aromatic hydroxyl groups is 1. The van der Waals surface area contributed by atoms with E-state index >= 15 is 0 Å². The van der Waals surface area contributed by atoms with E-state index in [4.69, 9.17) is 22.0 Å². The average Bonchev–Trinajstić information content (AvgIpc) is 2.16. The minimum atomic E-state index is -1.34. The summed E-state index contributed by atoms with van der Waals surface area (Å²) in [4.78, 5) is 10.7. The van der Waals surface area contributed by atoms with Crippen LogP contribution >= 0.6 is 11.6 Å². The van der Waals surface area contributed by atoms with Crippen LogP contribution in [-0.2, 0) is 5.88 Å². The zero-order valence-electron chi connectivity index (χ0n) is 6.99. The lowest BCUT2D eigenvalue weighted by molar-refractivity contribution is 0.0693. The Bertz CT molecular complexity index is 423. The maximum absolute atomic E-state index is 10.7. The van der Waals surface area contributed by atoms with Crippen LogP contribution in [0.2, 0.25) is 0 Å². The van der Waals surface area contributed by atoms with Crippen molar-refractivity contribution in [2.75, 3.05) is 0 Å². The Kier molecular flexibility index (Phi) is 2.95. The molecule has 0 spiro atoms. The highest BCUT2D eigenvalue weighted by molar-refractivity contribution is 6.17. The fourth-order valence-electron chi connectivity index (χ4n) is 1.09. The van der Waals surface area contributed by atoms with Crippen LogP contribution in [0.5, 0.6) is 5.75 Å². The lowest BCUT2D eigenvalue weighted by atomic mass is 10.0. The summed E-state index contributed by atoms with van der Waals surface area (Å²) in [5.74, 6) is -1.74. The molecule has 72 valence electrons. The number of halogens is 1. The standard InChI is InChI=1S/C9H6ClNO3/c10-3-5-1-2-7(12)8(9(13)14)6(5)4-11/h1-2,12H,3H2,(H,13,14). The van der Waals surface area contributed by atoms with E-state index in [0.29, 0.717) is 5.56 Å². The van der Waals surface area contributed by atoms with Crippen molar-refractivity contribution in [2.24, 2.45) is 0 Å². The van der Waals surface area contributed by atoms with E-state index in [1.165, 1.54) is 12.1 Å². The highest BCUT2D eigenvalue weighted by Gasteiger charge is 2.18. The van der Waals surface area contributed by atoms with Gasteiger partial charge < -0.3 is 10.2 Å². The molecule has 14 heavy (non-hydrogen) atoms. The van der Waals surface area contributed by atoms with Crippen LogP contribution in [0.15, 0.2) is 12.1 Å². The van der Waals surface area contributed by atoms with E-state index in [2.05, 4.69) is 0 Å². The first-order chi connectivity index (χ1) is 6.61. The van der Waals surface area contributed by atoms with Gasteiger partial charge in [0.15, 0.2) is 0 Å². The minimum absolute atomic E-state index is 0.0312. The predicted octanol–water partition coefficient (Wildman–Crippen LogP) is 1.70. The molecular formula is C9H6ClNO3.